The number of hydrogen-bond acceptors (Lipinski definition) is 4. The highest BCUT2D eigenvalue weighted by Gasteiger charge is 2.07. The Morgan fingerprint density at radius 3 is 3.00 bits per heavy atom. The van der Waals surface area contributed by atoms with Crippen LogP contribution in [0, 0.1) is 0 Å². The second kappa shape index (κ2) is 4.85. The first-order valence-corrected chi connectivity index (χ1v) is 6.13. The summed E-state index contributed by atoms with van der Waals surface area (Å²) in [5.74, 6) is 0.734. The zero-order valence-corrected chi connectivity index (χ0v) is 11.0. The number of fused-ring (bicyclic) bond motifs is 1. The van der Waals surface area contributed by atoms with E-state index in [0.29, 0.717) is 11.6 Å². The molecule has 6 heteroatoms. The Morgan fingerprint density at radius 1 is 1.32 bits per heavy atom. The molecule has 2 aromatic heterocycles. The summed E-state index contributed by atoms with van der Waals surface area (Å²) in [7, 11) is 1.77. The summed E-state index contributed by atoms with van der Waals surface area (Å²) in [5.41, 5.74) is 1.51. The quantitative estimate of drug-likeness (QED) is 0.737. The van der Waals surface area contributed by atoms with Crippen LogP contribution >= 0.6 is 11.6 Å². The van der Waals surface area contributed by atoms with Crippen molar-refractivity contribution in [3.05, 3.63) is 47.4 Å². The molecular formula is C13H11ClN4O. The van der Waals surface area contributed by atoms with Crippen LogP contribution in [-0.2, 0) is 13.7 Å². The number of rotatable bonds is 3. The van der Waals surface area contributed by atoms with Gasteiger partial charge in [0, 0.05) is 18.6 Å². The van der Waals surface area contributed by atoms with Crippen molar-refractivity contribution in [1.82, 2.24) is 20.0 Å². The number of hydrogen-bond donors (Lipinski definition) is 0. The van der Waals surface area contributed by atoms with Crippen LogP contribution in [0.4, 0.5) is 0 Å². The molecule has 0 aliphatic heterocycles. The van der Waals surface area contributed by atoms with Gasteiger partial charge in [-0.3, -0.25) is 4.98 Å². The predicted molar refractivity (Wildman–Crippen MR) is 72.1 cm³/mol. The number of ether oxygens (including phenoxy) is 1. The fourth-order valence-electron chi connectivity index (χ4n) is 1.85. The molecule has 0 fully saturated rings. The minimum atomic E-state index is 0.361. The zero-order valence-electron chi connectivity index (χ0n) is 10.2. The standard InChI is InChI=1S/C13H11ClN4O/c1-18-16-7-9(17-18)8-19-12-5-6-15-13-10(12)3-2-4-11(13)14/h2-7H,8H2,1H3. The second-order valence-corrected chi connectivity index (χ2v) is 4.47. The van der Waals surface area contributed by atoms with Crippen LogP contribution < -0.4 is 4.74 Å². The Hall–Kier alpha value is -2.14. The lowest BCUT2D eigenvalue weighted by Gasteiger charge is -2.07. The molecule has 0 amide bonds. The van der Waals surface area contributed by atoms with Gasteiger partial charge in [-0.1, -0.05) is 17.7 Å². The van der Waals surface area contributed by atoms with Gasteiger partial charge in [0.15, 0.2) is 0 Å². The number of aryl methyl sites for hydroxylation is 1. The van der Waals surface area contributed by atoms with Crippen LogP contribution in [0.5, 0.6) is 5.75 Å². The molecular weight excluding hydrogens is 264 g/mol. The van der Waals surface area contributed by atoms with Crippen LogP contribution in [0.2, 0.25) is 5.02 Å². The molecule has 0 radical (unpaired) electrons. The third kappa shape index (κ3) is 2.37. The van der Waals surface area contributed by atoms with E-state index in [1.165, 1.54) is 4.80 Å². The SMILES string of the molecule is Cn1ncc(COc2ccnc3c(Cl)cccc23)n1. The number of halogens is 1. The smallest absolute Gasteiger partial charge is 0.134 e. The lowest BCUT2D eigenvalue weighted by molar-refractivity contribution is 0.303. The molecule has 0 saturated carbocycles. The first kappa shape index (κ1) is 11.9. The summed E-state index contributed by atoms with van der Waals surface area (Å²) < 4.78 is 5.76. The summed E-state index contributed by atoms with van der Waals surface area (Å²) in [5, 5.41) is 9.66. The van der Waals surface area contributed by atoms with Crippen molar-refractivity contribution >= 4 is 22.5 Å². The van der Waals surface area contributed by atoms with E-state index >= 15 is 0 Å². The first-order valence-electron chi connectivity index (χ1n) is 5.75. The van der Waals surface area contributed by atoms with Crippen molar-refractivity contribution in [3.63, 3.8) is 0 Å². The molecule has 0 spiro atoms. The van der Waals surface area contributed by atoms with E-state index in [1.54, 1.807) is 19.4 Å². The molecule has 3 rings (SSSR count). The van der Waals surface area contributed by atoms with Gasteiger partial charge in [-0.2, -0.15) is 15.0 Å². The topological polar surface area (TPSA) is 52.8 Å². The molecule has 0 aliphatic carbocycles. The van der Waals surface area contributed by atoms with Crippen molar-refractivity contribution in [2.45, 2.75) is 6.61 Å². The maximum absolute atomic E-state index is 6.11. The van der Waals surface area contributed by atoms with E-state index in [4.69, 9.17) is 16.3 Å². The summed E-state index contributed by atoms with van der Waals surface area (Å²) >= 11 is 6.11. The van der Waals surface area contributed by atoms with E-state index in [1.807, 2.05) is 24.3 Å². The lowest BCUT2D eigenvalue weighted by atomic mass is 10.2. The number of para-hydroxylation sites is 1. The van der Waals surface area contributed by atoms with Crippen LogP contribution in [-0.4, -0.2) is 20.0 Å². The van der Waals surface area contributed by atoms with Crippen LogP contribution in [0.1, 0.15) is 5.69 Å². The maximum atomic E-state index is 6.11. The van der Waals surface area contributed by atoms with Gasteiger partial charge in [-0.05, 0) is 18.2 Å². The van der Waals surface area contributed by atoms with Crippen molar-refractivity contribution in [2.75, 3.05) is 0 Å². The Labute approximate surface area is 114 Å². The third-order valence-corrected chi connectivity index (χ3v) is 3.01. The predicted octanol–water partition coefficient (Wildman–Crippen LogP) is 2.60. The monoisotopic (exact) mass is 274 g/mol. The Bertz CT molecular complexity index is 725. The molecule has 0 atom stereocenters. The highest BCUT2D eigenvalue weighted by Crippen LogP contribution is 2.28. The Balaban J connectivity index is 1.91. The van der Waals surface area contributed by atoms with E-state index in [9.17, 15) is 0 Å². The first-order chi connectivity index (χ1) is 9.24. The average Bonchev–Trinajstić information content (AvgIpc) is 2.83. The molecule has 96 valence electrons. The Morgan fingerprint density at radius 2 is 2.21 bits per heavy atom. The van der Waals surface area contributed by atoms with Gasteiger partial charge in [0.25, 0.3) is 0 Å². The molecule has 0 aliphatic rings. The normalized spacial score (nSPS) is 10.8. The fraction of sp³-hybridized carbons (Fsp3) is 0.154. The van der Waals surface area contributed by atoms with Crippen LogP contribution in [0.3, 0.4) is 0 Å². The highest BCUT2D eigenvalue weighted by atomic mass is 35.5. The Kier molecular flexibility index (Phi) is 3.05. The summed E-state index contributed by atoms with van der Waals surface area (Å²) in [6.45, 7) is 0.361. The van der Waals surface area contributed by atoms with Gasteiger partial charge in [-0.15, -0.1) is 0 Å². The molecule has 2 heterocycles. The van der Waals surface area contributed by atoms with Gasteiger partial charge < -0.3 is 4.74 Å². The van der Waals surface area contributed by atoms with E-state index in [-0.39, 0.29) is 0 Å². The largest absolute Gasteiger partial charge is 0.486 e. The van der Waals surface area contributed by atoms with Crippen molar-refractivity contribution in [2.24, 2.45) is 7.05 Å². The molecule has 0 unspecified atom stereocenters. The molecule has 0 N–H and O–H groups in total. The molecule has 19 heavy (non-hydrogen) atoms. The summed E-state index contributed by atoms with van der Waals surface area (Å²) in [4.78, 5) is 5.76. The number of benzene rings is 1. The third-order valence-electron chi connectivity index (χ3n) is 2.70. The van der Waals surface area contributed by atoms with E-state index in [2.05, 4.69) is 15.2 Å². The minimum Gasteiger partial charge on any atom is -0.486 e. The van der Waals surface area contributed by atoms with Gasteiger partial charge in [0.2, 0.25) is 0 Å². The molecule has 0 bridgehead atoms. The van der Waals surface area contributed by atoms with Crippen LogP contribution in [0.25, 0.3) is 10.9 Å². The maximum Gasteiger partial charge on any atom is 0.134 e. The zero-order chi connectivity index (χ0) is 13.2. The number of nitrogens with zero attached hydrogens (tertiary/aromatic N) is 4. The van der Waals surface area contributed by atoms with Gasteiger partial charge in [-0.25, -0.2) is 0 Å². The van der Waals surface area contributed by atoms with Gasteiger partial charge in [0.1, 0.15) is 18.1 Å². The average molecular weight is 275 g/mol. The molecule has 3 aromatic rings. The second-order valence-electron chi connectivity index (χ2n) is 4.06. The van der Waals surface area contributed by atoms with Crippen molar-refractivity contribution < 1.29 is 4.74 Å². The van der Waals surface area contributed by atoms with E-state index < -0.39 is 0 Å². The van der Waals surface area contributed by atoms with Gasteiger partial charge in [0.05, 0.1) is 16.7 Å². The molecule has 0 saturated heterocycles. The van der Waals surface area contributed by atoms with Crippen molar-refractivity contribution in [3.8, 4) is 5.75 Å². The minimum absolute atomic E-state index is 0.361. The summed E-state index contributed by atoms with van der Waals surface area (Å²) in [6.07, 6.45) is 3.36. The van der Waals surface area contributed by atoms with Crippen LogP contribution in [0.15, 0.2) is 36.7 Å². The molecule has 1 aromatic carbocycles. The highest BCUT2D eigenvalue weighted by molar-refractivity contribution is 6.35. The summed E-state index contributed by atoms with van der Waals surface area (Å²) in [6, 6.07) is 7.43. The fourth-order valence-corrected chi connectivity index (χ4v) is 2.07. The van der Waals surface area contributed by atoms with Gasteiger partial charge >= 0.3 is 0 Å². The number of pyridine rings is 1. The van der Waals surface area contributed by atoms with Crippen molar-refractivity contribution in [1.29, 1.82) is 0 Å². The number of aromatic nitrogens is 4. The lowest BCUT2D eigenvalue weighted by Crippen LogP contribution is -1.99. The molecule has 5 nitrogen and oxygen atoms in total. The van der Waals surface area contributed by atoms with E-state index in [0.717, 1.165) is 22.3 Å².